The summed E-state index contributed by atoms with van der Waals surface area (Å²) in [5.74, 6) is -5.48. The van der Waals surface area contributed by atoms with Crippen LogP contribution in [0.25, 0.3) is 0 Å². The normalized spacial score (nSPS) is 16.8. The Balaban J connectivity index is 1.15. The highest BCUT2D eigenvalue weighted by atomic mass is 32.1. The summed E-state index contributed by atoms with van der Waals surface area (Å²) in [6.45, 7) is 16.3. The maximum atomic E-state index is 14.7. The lowest BCUT2D eigenvalue weighted by atomic mass is 9.89. The van der Waals surface area contributed by atoms with Crippen molar-refractivity contribution < 1.29 is 67.0 Å². The minimum atomic E-state index is -1.59. The van der Waals surface area contributed by atoms with Crippen LogP contribution in [0.1, 0.15) is 149 Å². The van der Waals surface area contributed by atoms with Crippen molar-refractivity contribution in [1.82, 2.24) is 51.6 Å². The Kier molecular flexibility index (Phi) is 30.7. The number of alkyl carbamates (subject to hydrolysis) is 1. The molecular weight excluding hydrogens is 1240 g/mol. The molecule has 3 heterocycles. The molecule has 0 spiro atoms. The van der Waals surface area contributed by atoms with Gasteiger partial charge in [-0.3, -0.25) is 48.1 Å². The highest BCUT2D eigenvalue weighted by Crippen LogP contribution is 2.31. The number of anilines is 1. The second-order valence-electron chi connectivity index (χ2n) is 25.7. The lowest BCUT2D eigenvalue weighted by Crippen LogP contribution is -2.62. The molecular formula is C68H100N12O14S. The van der Waals surface area contributed by atoms with Crippen molar-refractivity contribution in [2.75, 3.05) is 46.2 Å². The number of likely N-dealkylation sites (N-methyl/N-ethyl adjacent to an activating group) is 1. The van der Waals surface area contributed by atoms with Crippen LogP contribution in [0.4, 0.5) is 15.3 Å². The number of hydrogen-bond donors (Lipinski definition) is 8. The van der Waals surface area contributed by atoms with E-state index in [0.29, 0.717) is 62.7 Å². The number of carbonyl (C=O) groups excluding carboxylic acids is 11. The average Bonchev–Trinajstić information content (AvgIpc) is 1.79. The number of imide groups is 1. The third-order valence-corrected chi connectivity index (χ3v) is 18.3. The number of primary amides is 1. The second kappa shape index (κ2) is 37.7. The molecule has 26 nitrogen and oxygen atoms in total. The molecule has 2 aliphatic heterocycles. The molecule has 1 fully saturated rings. The molecule has 0 bridgehead atoms. The summed E-state index contributed by atoms with van der Waals surface area (Å²) in [6, 6.07) is 10.8. The Morgan fingerprint density at radius 3 is 2.06 bits per heavy atom. The first-order valence-electron chi connectivity index (χ1n) is 32.8. The highest BCUT2D eigenvalue weighted by Gasteiger charge is 2.44. The number of hydrogen-bond acceptors (Lipinski definition) is 16. The number of methoxy groups -OCH3 is 2. The standard InChI is InChI=1S/C68H100N12O14S/c1-13-43(6)58(51(92-11)39-55(84)79-36-21-25-50(79)59(93-12)44(7)60(85)74-49(63-70-34-37-95-63)38-45-22-16-14-17-23-45)78(10)64(88)57(42(4)5)76-65(89)68(8,9)77-67(91)94-40-46-27-29-47(30-28-46)72-61(86)48(24-20-33-71-66(69)90)73-62(87)56(41(2)3)75-52(81)26-18-15-19-35-80-53(82)31-32-54(80)83/h14,16-17,22-23,27-32,34,37,41-44,48-51,56-59H,13,15,18-21,24-26,33,35-36,38-40H2,1-12H3,(H,72,86)(H,73,87)(H,74,85)(H,75,81)(H,76,89)(H,77,91)(H3,69,71,90)/t43-,44+,48-,49-,50-,51+,56-,57-,58-,59+/m0/s1. The van der Waals surface area contributed by atoms with E-state index in [-0.39, 0.29) is 92.8 Å². The van der Waals surface area contributed by atoms with Crippen LogP contribution >= 0.6 is 11.3 Å². The Morgan fingerprint density at radius 1 is 0.789 bits per heavy atom. The van der Waals surface area contributed by atoms with Crippen molar-refractivity contribution >= 4 is 82.3 Å². The fourth-order valence-corrected chi connectivity index (χ4v) is 12.4. The first kappa shape index (κ1) is 77.4. The number of nitrogens with one attached hydrogen (secondary N) is 7. The molecule has 10 atom stereocenters. The SMILES string of the molecule is CC[C@H](C)[C@@H]([C@@H](CC(=O)N1CCC[C@H]1[C@H](OC)[C@@H](C)C(=O)N[C@@H](Cc1ccccc1)c1nccs1)OC)N(C)C(=O)[C@@H](NC(=O)C(C)(C)NC(=O)OCc1ccc(NC(=O)[C@H](CCCNC(N)=O)NC(=O)[C@@H](NC(=O)CCCCCN2C(=O)C=CC2=O)C(C)C)cc1)C(C)C. The first-order chi connectivity index (χ1) is 45.1. The number of urea groups is 1. The summed E-state index contributed by atoms with van der Waals surface area (Å²) in [6.07, 6.45) is 6.14. The molecule has 95 heavy (non-hydrogen) atoms. The van der Waals surface area contributed by atoms with Gasteiger partial charge in [0.05, 0.1) is 42.7 Å². The van der Waals surface area contributed by atoms with Crippen LogP contribution in [0.5, 0.6) is 0 Å². The summed E-state index contributed by atoms with van der Waals surface area (Å²) in [7, 11) is 4.69. The van der Waals surface area contributed by atoms with Crippen LogP contribution < -0.4 is 43.0 Å². The number of amides is 12. The van der Waals surface area contributed by atoms with Gasteiger partial charge in [-0.05, 0) is 99.8 Å². The molecule has 1 aromatic heterocycles. The summed E-state index contributed by atoms with van der Waals surface area (Å²) in [4.78, 5) is 155. The van der Waals surface area contributed by atoms with Gasteiger partial charge in [0.25, 0.3) is 11.8 Å². The van der Waals surface area contributed by atoms with Gasteiger partial charge in [-0.2, -0.15) is 0 Å². The zero-order chi connectivity index (χ0) is 70.1. The molecule has 2 aromatic carbocycles. The molecule has 3 aromatic rings. The van der Waals surface area contributed by atoms with E-state index in [1.54, 1.807) is 82.1 Å². The van der Waals surface area contributed by atoms with E-state index in [4.69, 9.17) is 19.9 Å². The summed E-state index contributed by atoms with van der Waals surface area (Å²) in [5.41, 5.74) is 5.54. The number of aromatic nitrogens is 1. The van der Waals surface area contributed by atoms with E-state index in [0.717, 1.165) is 15.5 Å². The Labute approximate surface area is 562 Å². The number of rotatable bonds is 38. The van der Waals surface area contributed by atoms with Crippen LogP contribution in [0, 0.1) is 23.7 Å². The summed E-state index contributed by atoms with van der Waals surface area (Å²) in [5, 5.41) is 22.1. The third kappa shape index (κ3) is 23.2. The Bertz CT molecular complexity index is 3080. The van der Waals surface area contributed by atoms with E-state index < -0.39 is 95.5 Å². The summed E-state index contributed by atoms with van der Waals surface area (Å²) < 4.78 is 17.7. The van der Waals surface area contributed by atoms with Crippen molar-refractivity contribution in [2.24, 2.45) is 29.4 Å². The topological polar surface area (TPSA) is 348 Å². The van der Waals surface area contributed by atoms with E-state index in [1.807, 2.05) is 56.5 Å². The van der Waals surface area contributed by atoms with E-state index in [1.165, 1.54) is 44.4 Å². The van der Waals surface area contributed by atoms with Gasteiger partial charge in [-0.25, -0.2) is 14.6 Å². The molecule has 0 radical (unpaired) electrons. The number of likely N-dealkylation sites (tertiary alicyclic amines) is 1. The maximum Gasteiger partial charge on any atom is 0.408 e. The zero-order valence-electron chi connectivity index (χ0n) is 57.0. The van der Waals surface area contributed by atoms with Crippen LogP contribution in [-0.4, -0.2) is 174 Å². The van der Waals surface area contributed by atoms with Crippen molar-refractivity contribution in [3.63, 3.8) is 0 Å². The number of thiazole rings is 1. The largest absolute Gasteiger partial charge is 0.445 e. The molecule has 1 saturated heterocycles. The van der Waals surface area contributed by atoms with Crippen molar-refractivity contribution in [1.29, 1.82) is 0 Å². The molecule has 2 aliphatic rings. The fraction of sp³-hybridized carbons (Fsp3) is 0.588. The lowest BCUT2D eigenvalue weighted by molar-refractivity contribution is -0.148. The molecule has 522 valence electrons. The highest BCUT2D eigenvalue weighted by molar-refractivity contribution is 7.09. The lowest BCUT2D eigenvalue weighted by Gasteiger charge is -2.41. The molecule has 5 rings (SSSR count). The van der Waals surface area contributed by atoms with Gasteiger partial charge < -0.3 is 67.0 Å². The molecule has 12 amide bonds. The van der Waals surface area contributed by atoms with Crippen LogP contribution in [0.2, 0.25) is 0 Å². The summed E-state index contributed by atoms with van der Waals surface area (Å²) >= 11 is 1.47. The minimum absolute atomic E-state index is 0.0789. The third-order valence-electron chi connectivity index (χ3n) is 17.5. The number of nitrogens with two attached hydrogens (primary N) is 1. The smallest absolute Gasteiger partial charge is 0.408 e. The van der Waals surface area contributed by atoms with Crippen LogP contribution in [0.3, 0.4) is 0 Å². The number of nitrogens with zero attached hydrogens (tertiary/aromatic N) is 4. The van der Waals surface area contributed by atoms with Gasteiger partial charge in [0.15, 0.2) is 0 Å². The average molecular weight is 1340 g/mol. The number of unbranched alkanes of at least 4 members (excludes halogenated alkanes) is 2. The molecule has 0 unspecified atom stereocenters. The molecule has 0 saturated carbocycles. The van der Waals surface area contributed by atoms with Gasteiger partial charge in [-0.15, -0.1) is 11.3 Å². The number of carbonyl (C=O) groups is 11. The minimum Gasteiger partial charge on any atom is -0.445 e. The maximum absolute atomic E-state index is 14.7. The Hall–Kier alpha value is -8.30. The van der Waals surface area contributed by atoms with Gasteiger partial charge in [0.1, 0.15) is 35.3 Å². The number of ether oxygens (including phenoxy) is 3. The Morgan fingerprint density at radius 2 is 1.46 bits per heavy atom. The zero-order valence-corrected chi connectivity index (χ0v) is 57.8. The van der Waals surface area contributed by atoms with Crippen molar-refractivity contribution in [3.8, 4) is 0 Å². The van der Waals surface area contributed by atoms with Crippen molar-refractivity contribution in [2.45, 2.75) is 194 Å². The predicted octanol–water partition coefficient (Wildman–Crippen LogP) is 5.81. The van der Waals surface area contributed by atoms with Crippen LogP contribution in [-0.2, 0) is 70.4 Å². The first-order valence-corrected chi connectivity index (χ1v) is 33.7. The van der Waals surface area contributed by atoms with E-state index in [2.05, 4.69) is 42.2 Å². The van der Waals surface area contributed by atoms with Gasteiger partial charge in [0.2, 0.25) is 41.4 Å². The monoisotopic (exact) mass is 1340 g/mol. The molecule has 9 N–H and O–H groups in total. The van der Waals surface area contributed by atoms with Gasteiger partial charge in [0, 0.05) is 76.7 Å². The van der Waals surface area contributed by atoms with E-state index in [9.17, 15) is 52.7 Å². The predicted molar refractivity (Wildman–Crippen MR) is 358 cm³/mol. The fourth-order valence-electron chi connectivity index (χ4n) is 11.7. The van der Waals surface area contributed by atoms with E-state index >= 15 is 0 Å². The van der Waals surface area contributed by atoms with Crippen molar-refractivity contribution in [3.05, 3.63) is 94.5 Å². The quantitative estimate of drug-likeness (QED) is 0.0248. The number of benzene rings is 2. The second-order valence-corrected chi connectivity index (χ2v) is 26.6. The molecule has 0 aliphatic carbocycles. The van der Waals surface area contributed by atoms with Gasteiger partial charge >= 0.3 is 12.1 Å². The van der Waals surface area contributed by atoms with Crippen LogP contribution in [0.15, 0.2) is 78.3 Å². The molecule has 27 heteroatoms. The van der Waals surface area contributed by atoms with Gasteiger partial charge in [-0.1, -0.05) is 104 Å².